The Kier molecular flexibility index (Phi) is 2.63. The minimum Gasteiger partial charge on any atom is -0.257 e. The summed E-state index contributed by atoms with van der Waals surface area (Å²) in [6, 6.07) is 8.48. The first-order valence-electron chi connectivity index (χ1n) is 6.25. The van der Waals surface area contributed by atoms with Gasteiger partial charge in [0.25, 0.3) is 0 Å². The molecule has 1 aliphatic rings. The minimum absolute atomic E-state index is 1.01. The van der Waals surface area contributed by atoms with E-state index in [1.165, 1.54) is 29.8 Å². The van der Waals surface area contributed by atoms with E-state index >= 15 is 0 Å². The van der Waals surface area contributed by atoms with E-state index in [0.717, 1.165) is 24.1 Å². The third kappa shape index (κ3) is 2.07. The molecule has 0 bridgehead atoms. The van der Waals surface area contributed by atoms with Crippen molar-refractivity contribution in [3.63, 3.8) is 0 Å². The van der Waals surface area contributed by atoms with Gasteiger partial charge in [-0.3, -0.25) is 4.98 Å². The van der Waals surface area contributed by atoms with Crippen LogP contribution in [0.1, 0.15) is 29.8 Å². The number of nitrogens with zero attached hydrogens (tertiary/aromatic N) is 2. The Labute approximate surface area is 102 Å². The molecule has 0 fully saturated rings. The van der Waals surface area contributed by atoms with Crippen molar-refractivity contribution in [3.05, 3.63) is 47.4 Å². The third-order valence-corrected chi connectivity index (χ3v) is 3.36. The minimum atomic E-state index is 1.01. The summed E-state index contributed by atoms with van der Waals surface area (Å²) in [7, 11) is 0. The number of hydrogen-bond donors (Lipinski definition) is 0. The predicted molar refractivity (Wildman–Crippen MR) is 68.8 cm³/mol. The molecule has 0 aliphatic heterocycles. The molecule has 1 aromatic heterocycles. The Morgan fingerprint density at radius 3 is 2.41 bits per heavy atom. The number of rotatable bonds is 1. The average molecular weight is 224 g/mol. The Balaban J connectivity index is 2.01. The van der Waals surface area contributed by atoms with Crippen LogP contribution >= 0.6 is 0 Å². The number of aryl methyl sites for hydroxylation is 3. The maximum absolute atomic E-state index is 4.75. The molecule has 3 rings (SSSR count). The SMILES string of the molecule is Cc1ccc(-c2cnc3c(n2)CCCC3)cc1. The van der Waals surface area contributed by atoms with Crippen molar-refractivity contribution in [1.29, 1.82) is 0 Å². The van der Waals surface area contributed by atoms with E-state index in [9.17, 15) is 0 Å². The molecule has 0 saturated heterocycles. The number of fused-ring (bicyclic) bond motifs is 1. The van der Waals surface area contributed by atoms with E-state index in [1.807, 2.05) is 6.20 Å². The van der Waals surface area contributed by atoms with Crippen LogP contribution in [0.15, 0.2) is 30.5 Å². The predicted octanol–water partition coefficient (Wildman–Crippen LogP) is 3.33. The van der Waals surface area contributed by atoms with Gasteiger partial charge in [-0.15, -0.1) is 0 Å². The number of benzene rings is 1. The first-order chi connectivity index (χ1) is 8.33. The van der Waals surface area contributed by atoms with E-state index in [2.05, 4.69) is 36.2 Å². The van der Waals surface area contributed by atoms with Gasteiger partial charge in [-0.1, -0.05) is 29.8 Å². The molecule has 0 saturated carbocycles. The van der Waals surface area contributed by atoms with Gasteiger partial charge in [-0.05, 0) is 32.6 Å². The van der Waals surface area contributed by atoms with Crippen molar-refractivity contribution in [2.24, 2.45) is 0 Å². The second-order valence-electron chi connectivity index (χ2n) is 4.72. The Bertz CT molecular complexity index is 529. The van der Waals surface area contributed by atoms with Crippen molar-refractivity contribution in [1.82, 2.24) is 9.97 Å². The molecule has 0 unspecified atom stereocenters. The molecule has 0 spiro atoms. The fourth-order valence-corrected chi connectivity index (χ4v) is 2.31. The molecule has 17 heavy (non-hydrogen) atoms. The first kappa shape index (κ1) is 10.5. The number of aromatic nitrogens is 2. The fourth-order valence-electron chi connectivity index (χ4n) is 2.31. The molecule has 0 atom stereocenters. The molecule has 86 valence electrons. The summed E-state index contributed by atoms with van der Waals surface area (Å²) < 4.78 is 0. The van der Waals surface area contributed by atoms with Crippen LogP contribution < -0.4 is 0 Å². The molecule has 2 nitrogen and oxygen atoms in total. The third-order valence-electron chi connectivity index (χ3n) is 3.36. The zero-order valence-electron chi connectivity index (χ0n) is 10.1. The summed E-state index contributed by atoms with van der Waals surface area (Å²) in [4.78, 5) is 9.31. The van der Waals surface area contributed by atoms with Crippen LogP contribution in [0.5, 0.6) is 0 Å². The van der Waals surface area contributed by atoms with Gasteiger partial charge in [0, 0.05) is 5.56 Å². The van der Waals surface area contributed by atoms with Gasteiger partial charge in [0.05, 0.1) is 23.3 Å². The van der Waals surface area contributed by atoms with Gasteiger partial charge in [0.1, 0.15) is 0 Å². The summed E-state index contributed by atoms with van der Waals surface area (Å²) >= 11 is 0. The van der Waals surface area contributed by atoms with Crippen molar-refractivity contribution in [2.75, 3.05) is 0 Å². The van der Waals surface area contributed by atoms with Crippen molar-refractivity contribution in [3.8, 4) is 11.3 Å². The van der Waals surface area contributed by atoms with Crippen LogP contribution in [0, 0.1) is 6.92 Å². The van der Waals surface area contributed by atoms with Crippen LogP contribution in [-0.2, 0) is 12.8 Å². The highest BCUT2D eigenvalue weighted by atomic mass is 14.8. The summed E-state index contributed by atoms with van der Waals surface area (Å²) in [5.74, 6) is 0. The molecule has 1 heterocycles. The molecule has 0 radical (unpaired) electrons. The van der Waals surface area contributed by atoms with Gasteiger partial charge < -0.3 is 0 Å². The zero-order valence-corrected chi connectivity index (χ0v) is 10.1. The Hall–Kier alpha value is -1.70. The Morgan fingerprint density at radius 1 is 0.941 bits per heavy atom. The zero-order chi connectivity index (χ0) is 11.7. The molecule has 1 aliphatic carbocycles. The molecular weight excluding hydrogens is 208 g/mol. The van der Waals surface area contributed by atoms with E-state index in [4.69, 9.17) is 4.98 Å². The van der Waals surface area contributed by atoms with Crippen molar-refractivity contribution >= 4 is 0 Å². The molecule has 2 heteroatoms. The van der Waals surface area contributed by atoms with E-state index < -0.39 is 0 Å². The lowest BCUT2D eigenvalue weighted by molar-refractivity contribution is 0.650. The second-order valence-corrected chi connectivity index (χ2v) is 4.72. The van der Waals surface area contributed by atoms with Crippen molar-refractivity contribution < 1.29 is 0 Å². The van der Waals surface area contributed by atoms with Crippen molar-refractivity contribution in [2.45, 2.75) is 32.6 Å². The largest absolute Gasteiger partial charge is 0.257 e. The van der Waals surface area contributed by atoms with Crippen LogP contribution in [0.4, 0.5) is 0 Å². The van der Waals surface area contributed by atoms with Gasteiger partial charge in [0.2, 0.25) is 0 Å². The average Bonchev–Trinajstić information content (AvgIpc) is 2.39. The first-order valence-corrected chi connectivity index (χ1v) is 6.25. The lowest BCUT2D eigenvalue weighted by Crippen LogP contribution is -2.08. The molecule has 2 aromatic rings. The van der Waals surface area contributed by atoms with Gasteiger partial charge in [-0.25, -0.2) is 4.98 Å². The molecule has 0 N–H and O–H groups in total. The lowest BCUT2D eigenvalue weighted by Gasteiger charge is -2.14. The monoisotopic (exact) mass is 224 g/mol. The normalized spacial score (nSPS) is 14.4. The topological polar surface area (TPSA) is 25.8 Å². The van der Waals surface area contributed by atoms with Crippen LogP contribution in [0.3, 0.4) is 0 Å². The van der Waals surface area contributed by atoms with E-state index in [1.54, 1.807) is 0 Å². The summed E-state index contributed by atoms with van der Waals surface area (Å²) in [6.45, 7) is 2.10. The number of hydrogen-bond acceptors (Lipinski definition) is 2. The maximum Gasteiger partial charge on any atom is 0.0888 e. The van der Waals surface area contributed by atoms with Crippen LogP contribution in [0.2, 0.25) is 0 Å². The maximum atomic E-state index is 4.75. The second kappa shape index (κ2) is 4.28. The fraction of sp³-hybridized carbons (Fsp3) is 0.333. The molecular formula is C15H16N2. The smallest absolute Gasteiger partial charge is 0.0888 e. The molecule has 1 aromatic carbocycles. The molecule has 0 amide bonds. The van der Waals surface area contributed by atoms with E-state index in [-0.39, 0.29) is 0 Å². The highest BCUT2D eigenvalue weighted by molar-refractivity contribution is 5.58. The van der Waals surface area contributed by atoms with Gasteiger partial charge in [-0.2, -0.15) is 0 Å². The quantitative estimate of drug-likeness (QED) is 0.742. The standard InChI is InChI=1S/C15H16N2/c1-11-6-8-12(9-7-11)15-10-16-13-4-2-3-5-14(13)17-15/h6-10H,2-5H2,1H3. The van der Waals surface area contributed by atoms with E-state index in [0.29, 0.717) is 0 Å². The van der Waals surface area contributed by atoms with Gasteiger partial charge in [0.15, 0.2) is 0 Å². The highest BCUT2D eigenvalue weighted by Gasteiger charge is 2.12. The van der Waals surface area contributed by atoms with Gasteiger partial charge >= 0.3 is 0 Å². The summed E-state index contributed by atoms with van der Waals surface area (Å²) in [5, 5.41) is 0. The summed E-state index contributed by atoms with van der Waals surface area (Å²) in [5.41, 5.74) is 5.85. The van der Waals surface area contributed by atoms with Crippen LogP contribution in [-0.4, -0.2) is 9.97 Å². The Morgan fingerprint density at radius 2 is 1.65 bits per heavy atom. The van der Waals surface area contributed by atoms with Crippen LogP contribution in [0.25, 0.3) is 11.3 Å². The summed E-state index contributed by atoms with van der Waals surface area (Å²) in [6.07, 6.45) is 6.60. The highest BCUT2D eigenvalue weighted by Crippen LogP contribution is 2.22. The lowest BCUT2D eigenvalue weighted by atomic mass is 10.00.